The van der Waals surface area contributed by atoms with E-state index in [1.54, 1.807) is 18.2 Å². The van der Waals surface area contributed by atoms with Crippen LogP contribution in [-0.2, 0) is 24.3 Å². The van der Waals surface area contributed by atoms with Gasteiger partial charge < -0.3 is 15.0 Å². The normalized spacial score (nSPS) is 21.3. The average Bonchev–Trinajstić information content (AvgIpc) is 2.97. The second-order valence-electron chi connectivity index (χ2n) is 7.88. The number of nitrogens with one attached hydrogen (secondary N) is 1. The molecule has 0 saturated carbocycles. The lowest BCUT2D eigenvalue weighted by molar-refractivity contribution is -0.154. The summed E-state index contributed by atoms with van der Waals surface area (Å²) in [5, 5.41) is 2.80. The number of amidine groups is 1. The van der Waals surface area contributed by atoms with E-state index in [-0.39, 0.29) is 29.4 Å². The van der Waals surface area contributed by atoms with Crippen LogP contribution in [0.25, 0.3) is 0 Å². The largest absolute Gasteiger partial charge is 0.455 e. The van der Waals surface area contributed by atoms with Crippen LogP contribution in [0.2, 0.25) is 0 Å². The van der Waals surface area contributed by atoms with Gasteiger partial charge in [-0.2, -0.15) is 8.42 Å². The van der Waals surface area contributed by atoms with E-state index >= 15 is 0 Å². The summed E-state index contributed by atoms with van der Waals surface area (Å²) in [4.78, 5) is 26.4. The van der Waals surface area contributed by atoms with Crippen molar-refractivity contribution in [3.8, 4) is 0 Å². The molecular formula is C20H27N3O5S. The molecule has 2 aliphatic heterocycles. The number of carbonyl (C=O) groups excluding carboxylic acids is 2. The Morgan fingerprint density at radius 3 is 2.72 bits per heavy atom. The van der Waals surface area contributed by atoms with Crippen LogP contribution in [0.4, 0.5) is 0 Å². The van der Waals surface area contributed by atoms with Gasteiger partial charge in [0.15, 0.2) is 12.4 Å². The number of esters is 1. The Labute approximate surface area is 171 Å². The topological polar surface area (TPSA) is 105 Å². The minimum Gasteiger partial charge on any atom is -0.455 e. The molecule has 2 atom stereocenters. The maximum absolute atomic E-state index is 12.5. The molecule has 29 heavy (non-hydrogen) atoms. The van der Waals surface area contributed by atoms with Crippen molar-refractivity contribution in [3.05, 3.63) is 29.8 Å². The molecular weight excluding hydrogens is 394 g/mol. The molecule has 0 aromatic heterocycles. The Morgan fingerprint density at radius 2 is 2.00 bits per heavy atom. The van der Waals surface area contributed by atoms with E-state index < -0.39 is 21.9 Å². The fourth-order valence-corrected chi connectivity index (χ4v) is 4.62. The molecule has 2 aliphatic rings. The highest BCUT2D eigenvalue weighted by atomic mass is 32.2. The molecule has 0 spiro atoms. The fourth-order valence-electron chi connectivity index (χ4n) is 3.40. The zero-order chi connectivity index (χ0) is 21.2. The Kier molecular flexibility index (Phi) is 6.26. The number of likely N-dealkylation sites (tertiary alicyclic amines) is 1. The first-order valence-corrected chi connectivity index (χ1v) is 11.3. The van der Waals surface area contributed by atoms with Gasteiger partial charge in [0, 0.05) is 24.7 Å². The van der Waals surface area contributed by atoms with Crippen LogP contribution in [0.1, 0.15) is 39.2 Å². The van der Waals surface area contributed by atoms with Gasteiger partial charge >= 0.3 is 5.97 Å². The predicted octanol–water partition coefficient (Wildman–Crippen LogP) is 1.55. The molecule has 1 aromatic rings. The minimum atomic E-state index is -3.70. The highest BCUT2D eigenvalue weighted by Crippen LogP contribution is 2.29. The van der Waals surface area contributed by atoms with E-state index in [4.69, 9.17) is 4.74 Å². The van der Waals surface area contributed by atoms with E-state index in [2.05, 4.69) is 9.71 Å². The summed E-state index contributed by atoms with van der Waals surface area (Å²) in [7, 11) is -3.70. The van der Waals surface area contributed by atoms with E-state index in [0.717, 1.165) is 0 Å². The highest BCUT2D eigenvalue weighted by Gasteiger charge is 2.35. The minimum absolute atomic E-state index is 0.00577. The molecule has 0 bridgehead atoms. The van der Waals surface area contributed by atoms with Crippen molar-refractivity contribution in [3.63, 3.8) is 0 Å². The second kappa shape index (κ2) is 8.52. The van der Waals surface area contributed by atoms with Gasteiger partial charge in [-0.05, 0) is 37.8 Å². The van der Waals surface area contributed by atoms with E-state index in [9.17, 15) is 18.0 Å². The van der Waals surface area contributed by atoms with Crippen LogP contribution >= 0.6 is 0 Å². The summed E-state index contributed by atoms with van der Waals surface area (Å²) in [5.41, 5.74) is 0.559. The summed E-state index contributed by atoms with van der Waals surface area (Å²) in [6, 6.07) is 6.68. The lowest BCUT2D eigenvalue weighted by Crippen LogP contribution is -2.44. The smallest absolute Gasteiger partial charge is 0.311 e. The number of nitrogens with zero attached hydrogens (tertiary/aromatic N) is 2. The SMILES string of the molecule is CC(C)[C@@H](C)NC(=O)COC(=O)[C@H]1CCCN(C2=NS(=O)(=O)c3ccccc32)C1. The number of amides is 1. The van der Waals surface area contributed by atoms with Gasteiger partial charge in [0.1, 0.15) is 4.90 Å². The van der Waals surface area contributed by atoms with Crippen molar-refractivity contribution in [2.45, 2.75) is 44.6 Å². The monoisotopic (exact) mass is 421 g/mol. The first-order chi connectivity index (χ1) is 13.7. The van der Waals surface area contributed by atoms with Gasteiger partial charge in [-0.1, -0.05) is 26.0 Å². The molecule has 1 aromatic carbocycles. The lowest BCUT2D eigenvalue weighted by Gasteiger charge is -2.32. The highest BCUT2D eigenvalue weighted by molar-refractivity contribution is 7.90. The maximum Gasteiger partial charge on any atom is 0.311 e. The Bertz CT molecular complexity index is 926. The molecule has 1 saturated heterocycles. The third kappa shape index (κ3) is 4.77. The van der Waals surface area contributed by atoms with Crippen molar-refractivity contribution >= 4 is 27.7 Å². The van der Waals surface area contributed by atoms with E-state index in [1.165, 1.54) is 6.07 Å². The fraction of sp³-hybridized carbons (Fsp3) is 0.550. The quantitative estimate of drug-likeness (QED) is 0.724. The van der Waals surface area contributed by atoms with Crippen molar-refractivity contribution in [1.82, 2.24) is 10.2 Å². The summed E-state index contributed by atoms with van der Waals surface area (Å²) in [6.07, 6.45) is 1.33. The summed E-state index contributed by atoms with van der Waals surface area (Å²) in [5.74, 6) is -0.545. The zero-order valence-electron chi connectivity index (χ0n) is 16.9. The standard InChI is InChI=1S/C20H27N3O5S/c1-13(2)14(3)21-18(24)12-28-20(25)15-7-6-10-23(11-15)19-16-8-4-5-9-17(16)29(26,27)22-19/h4-5,8-9,13-15H,6-7,10-12H2,1-3H3,(H,21,24)/t14-,15+/m1/s1. The zero-order valence-corrected chi connectivity index (χ0v) is 17.7. The van der Waals surface area contributed by atoms with Crippen LogP contribution in [0.15, 0.2) is 33.6 Å². The van der Waals surface area contributed by atoms with Gasteiger partial charge in [-0.15, -0.1) is 4.40 Å². The third-order valence-corrected chi connectivity index (χ3v) is 6.73. The molecule has 0 radical (unpaired) electrons. The molecule has 8 nitrogen and oxygen atoms in total. The molecule has 1 amide bonds. The summed E-state index contributed by atoms with van der Waals surface area (Å²) >= 11 is 0. The number of benzene rings is 1. The van der Waals surface area contributed by atoms with Crippen molar-refractivity contribution in [1.29, 1.82) is 0 Å². The van der Waals surface area contributed by atoms with Crippen LogP contribution < -0.4 is 5.32 Å². The second-order valence-corrected chi connectivity index (χ2v) is 9.45. The number of hydrogen-bond donors (Lipinski definition) is 1. The van der Waals surface area contributed by atoms with Gasteiger partial charge in [-0.25, -0.2) is 0 Å². The average molecular weight is 422 g/mol. The first-order valence-electron chi connectivity index (χ1n) is 9.84. The van der Waals surface area contributed by atoms with Gasteiger partial charge in [0.25, 0.3) is 15.9 Å². The molecule has 0 aliphatic carbocycles. The predicted molar refractivity (Wildman–Crippen MR) is 108 cm³/mol. The molecule has 3 rings (SSSR count). The number of sulfonamides is 1. The van der Waals surface area contributed by atoms with Gasteiger partial charge in [0.2, 0.25) is 0 Å². The van der Waals surface area contributed by atoms with Crippen molar-refractivity contribution in [2.75, 3.05) is 19.7 Å². The molecule has 158 valence electrons. The number of fused-ring (bicyclic) bond motifs is 1. The maximum atomic E-state index is 12.5. The van der Waals surface area contributed by atoms with Gasteiger partial charge in [0.05, 0.1) is 5.92 Å². The molecule has 1 N–H and O–H groups in total. The number of hydrogen-bond acceptors (Lipinski definition) is 6. The number of rotatable bonds is 5. The number of ether oxygens (including phenoxy) is 1. The van der Waals surface area contributed by atoms with Crippen LogP contribution in [0.5, 0.6) is 0 Å². The van der Waals surface area contributed by atoms with Crippen LogP contribution in [0.3, 0.4) is 0 Å². The van der Waals surface area contributed by atoms with E-state index in [0.29, 0.717) is 37.3 Å². The Balaban J connectivity index is 1.61. The lowest BCUT2D eigenvalue weighted by atomic mass is 9.97. The number of carbonyl (C=O) groups is 2. The Morgan fingerprint density at radius 1 is 1.28 bits per heavy atom. The summed E-state index contributed by atoms with van der Waals surface area (Å²) in [6.45, 7) is 6.50. The molecule has 9 heteroatoms. The van der Waals surface area contributed by atoms with E-state index in [1.807, 2.05) is 25.7 Å². The molecule has 1 fully saturated rings. The van der Waals surface area contributed by atoms with Crippen LogP contribution in [0, 0.1) is 11.8 Å². The number of piperidine rings is 1. The molecule has 2 heterocycles. The first kappa shape index (κ1) is 21.3. The third-order valence-electron chi connectivity index (χ3n) is 5.40. The summed E-state index contributed by atoms with van der Waals surface area (Å²) < 4.78 is 33.7. The van der Waals surface area contributed by atoms with Crippen molar-refractivity contribution in [2.24, 2.45) is 16.2 Å². The molecule has 0 unspecified atom stereocenters. The van der Waals surface area contributed by atoms with Crippen LogP contribution in [-0.4, -0.2) is 56.8 Å². The van der Waals surface area contributed by atoms with Crippen molar-refractivity contribution < 1.29 is 22.7 Å². The Hall–Kier alpha value is -2.42. The van der Waals surface area contributed by atoms with Gasteiger partial charge in [-0.3, -0.25) is 9.59 Å².